The van der Waals surface area contributed by atoms with Gasteiger partial charge in [0, 0.05) is 10.5 Å². The van der Waals surface area contributed by atoms with E-state index in [9.17, 15) is 9.59 Å². The van der Waals surface area contributed by atoms with Gasteiger partial charge in [0.15, 0.2) is 18.2 Å². The Bertz CT molecular complexity index is 1040. The number of thioether (sulfide) groups is 1. The number of aryl methyl sites for hydroxylation is 1. The average Bonchev–Trinajstić information content (AvgIpc) is 3.15. The summed E-state index contributed by atoms with van der Waals surface area (Å²) in [7, 11) is 0. The van der Waals surface area contributed by atoms with Crippen LogP contribution in [-0.2, 0) is 15.9 Å². The Kier molecular flexibility index (Phi) is 6.72. The third-order valence-corrected chi connectivity index (χ3v) is 5.49. The number of carbonyl (C=O) groups excluding carboxylic acids is 2. The highest BCUT2D eigenvalue weighted by Crippen LogP contribution is 2.26. The first-order valence-corrected chi connectivity index (χ1v) is 10.5. The van der Waals surface area contributed by atoms with Crippen LogP contribution in [0.4, 0.5) is 0 Å². The highest BCUT2D eigenvalue weighted by molar-refractivity contribution is 7.98. The molecule has 0 fully saturated rings. The lowest BCUT2D eigenvalue weighted by Crippen LogP contribution is -2.16. The van der Waals surface area contributed by atoms with Gasteiger partial charge in [-0.05, 0) is 30.0 Å². The number of hydrogen-bond donors (Lipinski definition) is 0. The van der Waals surface area contributed by atoms with Crippen LogP contribution in [0, 0.1) is 6.92 Å². The summed E-state index contributed by atoms with van der Waals surface area (Å²) in [5, 5.41) is 3.75. The van der Waals surface area contributed by atoms with Crippen LogP contribution in [0.15, 0.2) is 57.9 Å². The van der Waals surface area contributed by atoms with Crippen LogP contribution in [0.3, 0.4) is 0 Å². The van der Waals surface area contributed by atoms with Crippen LogP contribution in [0.25, 0.3) is 0 Å². The number of aromatic nitrogens is 2. The van der Waals surface area contributed by atoms with Crippen molar-refractivity contribution >= 4 is 23.5 Å². The number of nitrogens with zero attached hydrogens (tertiary/aromatic N) is 2. The molecule has 0 aliphatic carbocycles. The monoisotopic (exact) mass is 424 g/mol. The van der Waals surface area contributed by atoms with Gasteiger partial charge in [0.2, 0.25) is 5.89 Å². The molecule has 0 saturated carbocycles. The second kappa shape index (κ2) is 9.26. The van der Waals surface area contributed by atoms with Gasteiger partial charge in [0.1, 0.15) is 0 Å². The summed E-state index contributed by atoms with van der Waals surface area (Å²) in [6.07, 6.45) is 0. The summed E-state index contributed by atoms with van der Waals surface area (Å²) in [5.74, 6) is 0.695. The molecule has 6 nitrogen and oxygen atoms in total. The maximum atomic E-state index is 12.6. The third-order valence-electron chi connectivity index (χ3n) is 4.44. The lowest BCUT2D eigenvalue weighted by atomic mass is 9.86. The number of ketones is 1. The van der Waals surface area contributed by atoms with E-state index in [-0.39, 0.29) is 17.8 Å². The van der Waals surface area contributed by atoms with E-state index in [0.29, 0.717) is 28.6 Å². The lowest BCUT2D eigenvalue weighted by molar-refractivity contribution is 0.0471. The van der Waals surface area contributed by atoms with Gasteiger partial charge >= 0.3 is 5.97 Å². The van der Waals surface area contributed by atoms with Gasteiger partial charge in [-0.2, -0.15) is 4.98 Å². The molecule has 0 atom stereocenters. The second-order valence-electron chi connectivity index (χ2n) is 7.85. The van der Waals surface area contributed by atoms with Gasteiger partial charge in [0.25, 0.3) is 0 Å². The molecule has 156 valence electrons. The van der Waals surface area contributed by atoms with Crippen LogP contribution in [0.5, 0.6) is 0 Å². The summed E-state index contributed by atoms with van der Waals surface area (Å²) < 4.78 is 10.4. The first kappa shape index (κ1) is 21.8. The minimum absolute atomic E-state index is 0.00927. The molecule has 2 aromatic carbocycles. The van der Waals surface area contributed by atoms with E-state index in [4.69, 9.17) is 9.26 Å². The SMILES string of the molecule is Cc1noc(CSc2ccccc2C(=O)OCC(=O)c2ccc(C(C)(C)C)cc2)n1. The number of benzene rings is 2. The topological polar surface area (TPSA) is 82.3 Å². The number of hydrogen-bond acceptors (Lipinski definition) is 7. The zero-order valence-corrected chi connectivity index (χ0v) is 18.3. The van der Waals surface area contributed by atoms with Crippen molar-refractivity contribution in [1.82, 2.24) is 10.1 Å². The molecule has 0 spiro atoms. The van der Waals surface area contributed by atoms with E-state index < -0.39 is 5.97 Å². The molecule has 0 aliphatic rings. The van der Waals surface area contributed by atoms with Crippen molar-refractivity contribution in [3.63, 3.8) is 0 Å². The Hall–Kier alpha value is -2.93. The Morgan fingerprint density at radius 3 is 2.40 bits per heavy atom. The molecule has 0 radical (unpaired) electrons. The fourth-order valence-electron chi connectivity index (χ4n) is 2.75. The van der Waals surface area contributed by atoms with Crippen molar-refractivity contribution in [3.05, 3.63) is 76.9 Å². The van der Waals surface area contributed by atoms with Gasteiger partial charge in [-0.25, -0.2) is 4.79 Å². The van der Waals surface area contributed by atoms with Gasteiger partial charge in [-0.3, -0.25) is 4.79 Å². The number of rotatable bonds is 7. The van der Waals surface area contributed by atoms with Gasteiger partial charge < -0.3 is 9.26 Å². The first-order valence-electron chi connectivity index (χ1n) is 9.56. The van der Waals surface area contributed by atoms with Crippen LogP contribution in [0.2, 0.25) is 0 Å². The highest BCUT2D eigenvalue weighted by Gasteiger charge is 2.18. The predicted molar refractivity (Wildman–Crippen MR) is 115 cm³/mol. The summed E-state index contributed by atoms with van der Waals surface area (Å²) in [4.78, 5) is 29.9. The van der Waals surface area contributed by atoms with Gasteiger partial charge in [0.05, 0.1) is 11.3 Å². The zero-order valence-electron chi connectivity index (χ0n) is 17.5. The minimum atomic E-state index is -0.542. The molecular weight excluding hydrogens is 400 g/mol. The average molecular weight is 425 g/mol. The van der Waals surface area contributed by atoms with Crippen molar-refractivity contribution < 1.29 is 18.8 Å². The molecule has 30 heavy (non-hydrogen) atoms. The number of ether oxygens (including phenoxy) is 1. The minimum Gasteiger partial charge on any atom is -0.454 e. The summed E-state index contributed by atoms with van der Waals surface area (Å²) in [6.45, 7) is 7.77. The van der Waals surface area contributed by atoms with E-state index >= 15 is 0 Å². The van der Waals surface area contributed by atoms with Gasteiger partial charge in [-0.15, -0.1) is 11.8 Å². The molecule has 3 aromatic rings. The van der Waals surface area contributed by atoms with Crippen molar-refractivity contribution in [1.29, 1.82) is 0 Å². The quantitative estimate of drug-likeness (QED) is 0.300. The van der Waals surface area contributed by atoms with Gasteiger partial charge in [-0.1, -0.05) is 62.3 Å². The fraction of sp³-hybridized carbons (Fsp3) is 0.304. The normalized spacial score (nSPS) is 11.3. The summed E-state index contributed by atoms with van der Waals surface area (Å²) in [6, 6.07) is 14.5. The molecule has 1 heterocycles. The third kappa shape index (κ3) is 5.57. The van der Waals surface area contributed by atoms with Crippen molar-refractivity contribution in [2.45, 2.75) is 43.8 Å². The molecule has 0 bridgehead atoms. The van der Waals surface area contributed by atoms with Crippen molar-refractivity contribution in [2.24, 2.45) is 0 Å². The van der Waals surface area contributed by atoms with Crippen LogP contribution in [0.1, 0.15) is 58.8 Å². The van der Waals surface area contributed by atoms with Crippen molar-refractivity contribution in [3.8, 4) is 0 Å². The van der Waals surface area contributed by atoms with E-state index in [1.54, 1.807) is 31.2 Å². The fourth-order valence-corrected chi connectivity index (χ4v) is 3.63. The van der Waals surface area contributed by atoms with Crippen LogP contribution >= 0.6 is 11.8 Å². The predicted octanol–water partition coefficient (Wildman–Crippen LogP) is 5.01. The largest absolute Gasteiger partial charge is 0.454 e. The number of esters is 1. The molecule has 7 heteroatoms. The van der Waals surface area contributed by atoms with Crippen LogP contribution < -0.4 is 0 Å². The lowest BCUT2D eigenvalue weighted by Gasteiger charge is -2.19. The molecule has 0 saturated heterocycles. The van der Waals surface area contributed by atoms with E-state index in [1.807, 2.05) is 24.3 Å². The highest BCUT2D eigenvalue weighted by atomic mass is 32.2. The van der Waals surface area contributed by atoms with Crippen LogP contribution in [-0.4, -0.2) is 28.5 Å². The zero-order chi connectivity index (χ0) is 21.7. The maximum Gasteiger partial charge on any atom is 0.339 e. The molecule has 0 N–H and O–H groups in total. The number of Topliss-reactive ketones (excluding diaryl/α,β-unsaturated/α-hetero) is 1. The maximum absolute atomic E-state index is 12.6. The molecule has 3 rings (SSSR count). The second-order valence-corrected chi connectivity index (χ2v) is 8.86. The Labute approximate surface area is 180 Å². The number of carbonyl (C=O) groups is 2. The molecule has 0 unspecified atom stereocenters. The molecule has 0 aliphatic heterocycles. The summed E-state index contributed by atoms with van der Waals surface area (Å²) in [5.41, 5.74) is 2.06. The Morgan fingerprint density at radius 2 is 1.77 bits per heavy atom. The molecule has 0 amide bonds. The molecule has 1 aromatic heterocycles. The smallest absolute Gasteiger partial charge is 0.339 e. The Morgan fingerprint density at radius 1 is 1.07 bits per heavy atom. The first-order chi connectivity index (χ1) is 14.2. The molecular formula is C23H24N2O4S. The van der Waals surface area contributed by atoms with E-state index in [2.05, 4.69) is 30.9 Å². The van der Waals surface area contributed by atoms with E-state index in [1.165, 1.54) is 11.8 Å². The summed E-state index contributed by atoms with van der Waals surface area (Å²) >= 11 is 1.39. The van der Waals surface area contributed by atoms with Crippen molar-refractivity contribution in [2.75, 3.05) is 6.61 Å². The van der Waals surface area contributed by atoms with E-state index in [0.717, 1.165) is 10.5 Å². The Balaban J connectivity index is 1.61. The standard InChI is InChI=1S/C23H24N2O4S/c1-15-24-21(29-25-15)14-30-20-8-6-5-7-18(20)22(27)28-13-19(26)16-9-11-17(12-10-16)23(2,3)4/h5-12H,13-14H2,1-4H3.